The van der Waals surface area contributed by atoms with Crippen molar-refractivity contribution in [3.63, 3.8) is 0 Å². The van der Waals surface area contributed by atoms with Gasteiger partial charge < -0.3 is 10.6 Å². The highest BCUT2D eigenvalue weighted by Crippen LogP contribution is 2.24. The van der Waals surface area contributed by atoms with E-state index in [0.717, 1.165) is 29.8 Å². The van der Waals surface area contributed by atoms with Crippen LogP contribution in [0, 0.1) is 0 Å². The highest BCUT2D eigenvalue weighted by atomic mass is 16.2. The predicted octanol–water partition coefficient (Wildman–Crippen LogP) is 4.54. The van der Waals surface area contributed by atoms with E-state index in [4.69, 9.17) is 0 Å². The number of anilines is 2. The fourth-order valence-corrected chi connectivity index (χ4v) is 2.98. The van der Waals surface area contributed by atoms with Gasteiger partial charge in [-0.15, -0.1) is 0 Å². The van der Waals surface area contributed by atoms with Crippen LogP contribution in [-0.2, 0) is 4.79 Å². The number of pyridine rings is 1. The molecule has 0 atom stereocenters. The van der Waals surface area contributed by atoms with Crippen molar-refractivity contribution in [1.82, 2.24) is 15.6 Å². The van der Waals surface area contributed by atoms with Crippen molar-refractivity contribution in [3.8, 4) is 0 Å². The van der Waals surface area contributed by atoms with Crippen molar-refractivity contribution >= 4 is 29.4 Å². The maximum Gasteiger partial charge on any atom is 0.326 e. The lowest BCUT2D eigenvalue weighted by Gasteiger charge is -2.23. The molecule has 31 heavy (non-hydrogen) atoms. The molecule has 158 valence electrons. The molecule has 0 saturated heterocycles. The Morgan fingerprint density at radius 3 is 2.00 bits per heavy atom. The lowest BCUT2D eigenvalue weighted by Crippen LogP contribution is -2.37. The first kappa shape index (κ1) is 21.8. The van der Waals surface area contributed by atoms with Gasteiger partial charge in [-0.3, -0.25) is 14.7 Å². The Balaban J connectivity index is 1.41. The molecule has 3 amide bonds. The summed E-state index contributed by atoms with van der Waals surface area (Å²) < 4.78 is 0. The summed E-state index contributed by atoms with van der Waals surface area (Å²) in [6.45, 7) is 1.07. The molecule has 0 saturated carbocycles. The fraction of sp³-hybridized carbons (Fsp3) is 0.160. The second kappa shape index (κ2) is 11.9. The molecular formula is C25H26N4O2. The average Bonchev–Trinajstić information content (AvgIpc) is 2.82. The molecular weight excluding hydrogens is 388 g/mol. The van der Waals surface area contributed by atoms with Gasteiger partial charge in [0.1, 0.15) is 0 Å². The number of nitrogens with zero attached hydrogens (tertiary/aromatic N) is 2. The van der Waals surface area contributed by atoms with Crippen molar-refractivity contribution in [1.29, 1.82) is 0 Å². The number of carbonyl (C=O) groups is 2. The van der Waals surface area contributed by atoms with Crippen molar-refractivity contribution in [3.05, 3.63) is 96.8 Å². The summed E-state index contributed by atoms with van der Waals surface area (Å²) in [6, 6.07) is 22.6. The molecule has 0 fully saturated rings. The monoisotopic (exact) mass is 414 g/mol. The Morgan fingerprint density at radius 2 is 1.42 bits per heavy atom. The van der Waals surface area contributed by atoms with Crippen LogP contribution in [0.2, 0.25) is 0 Å². The van der Waals surface area contributed by atoms with Gasteiger partial charge in [-0.25, -0.2) is 4.79 Å². The van der Waals surface area contributed by atoms with Crippen LogP contribution in [0.3, 0.4) is 0 Å². The second-order valence-electron chi connectivity index (χ2n) is 6.86. The number of nitrogens with one attached hydrogen (secondary N) is 2. The van der Waals surface area contributed by atoms with Crippen LogP contribution < -0.4 is 15.5 Å². The second-order valence-corrected chi connectivity index (χ2v) is 6.86. The van der Waals surface area contributed by atoms with Gasteiger partial charge >= 0.3 is 6.03 Å². The van der Waals surface area contributed by atoms with Gasteiger partial charge in [-0.1, -0.05) is 42.5 Å². The van der Waals surface area contributed by atoms with E-state index in [2.05, 4.69) is 15.6 Å². The minimum atomic E-state index is -0.180. The van der Waals surface area contributed by atoms with Crippen LogP contribution in [0.25, 0.3) is 6.08 Å². The van der Waals surface area contributed by atoms with Gasteiger partial charge in [0, 0.05) is 31.6 Å². The van der Waals surface area contributed by atoms with Crippen molar-refractivity contribution in [2.45, 2.75) is 12.8 Å². The summed E-state index contributed by atoms with van der Waals surface area (Å²) in [4.78, 5) is 30.4. The molecule has 1 aromatic heterocycles. The van der Waals surface area contributed by atoms with Gasteiger partial charge in [0.25, 0.3) is 0 Å². The maximum absolute atomic E-state index is 12.8. The third kappa shape index (κ3) is 7.12. The summed E-state index contributed by atoms with van der Waals surface area (Å²) in [5.74, 6) is -0.146. The third-order valence-electron chi connectivity index (χ3n) is 4.52. The first-order valence-corrected chi connectivity index (χ1v) is 10.3. The normalized spacial score (nSPS) is 10.6. The Morgan fingerprint density at radius 1 is 0.806 bits per heavy atom. The van der Waals surface area contributed by atoms with E-state index in [1.54, 1.807) is 23.4 Å². The quantitative estimate of drug-likeness (QED) is 0.399. The molecule has 6 nitrogen and oxygen atoms in total. The smallest absolute Gasteiger partial charge is 0.326 e. The summed E-state index contributed by atoms with van der Waals surface area (Å²) >= 11 is 0. The van der Waals surface area contributed by atoms with Crippen LogP contribution in [0.1, 0.15) is 18.4 Å². The van der Waals surface area contributed by atoms with E-state index >= 15 is 0 Å². The van der Waals surface area contributed by atoms with E-state index in [1.165, 1.54) is 6.08 Å². The number of para-hydroxylation sites is 2. The molecule has 2 aromatic carbocycles. The zero-order chi connectivity index (χ0) is 21.7. The Kier molecular flexibility index (Phi) is 8.37. The minimum Gasteiger partial charge on any atom is -0.353 e. The van der Waals surface area contributed by atoms with Crippen molar-refractivity contribution in [2.75, 3.05) is 18.0 Å². The lowest BCUT2D eigenvalue weighted by atomic mass is 10.2. The number of amides is 3. The maximum atomic E-state index is 12.8. The van der Waals surface area contributed by atoms with Crippen molar-refractivity contribution in [2.24, 2.45) is 0 Å². The molecule has 1 heterocycles. The van der Waals surface area contributed by atoms with E-state index in [9.17, 15) is 9.59 Å². The zero-order valence-corrected chi connectivity index (χ0v) is 17.3. The molecule has 0 unspecified atom stereocenters. The number of urea groups is 1. The molecule has 0 aliphatic carbocycles. The number of unbranched alkanes of at least 4 members (excludes halogenated alkanes) is 1. The van der Waals surface area contributed by atoms with Crippen molar-refractivity contribution < 1.29 is 9.59 Å². The number of hydrogen-bond donors (Lipinski definition) is 2. The largest absolute Gasteiger partial charge is 0.353 e. The van der Waals surface area contributed by atoms with Gasteiger partial charge in [-0.2, -0.15) is 0 Å². The Bertz CT molecular complexity index is 937. The molecule has 0 aliphatic heterocycles. The van der Waals surface area contributed by atoms with Gasteiger partial charge in [0.15, 0.2) is 0 Å². The Hall–Kier alpha value is -3.93. The molecule has 2 N–H and O–H groups in total. The third-order valence-corrected chi connectivity index (χ3v) is 4.52. The lowest BCUT2D eigenvalue weighted by molar-refractivity contribution is -0.116. The van der Waals surface area contributed by atoms with Crippen LogP contribution in [0.15, 0.2) is 91.3 Å². The van der Waals surface area contributed by atoms with E-state index in [0.29, 0.717) is 13.1 Å². The van der Waals surface area contributed by atoms with Gasteiger partial charge in [0.05, 0.1) is 11.4 Å². The minimum absolute atomic E-state index is 0.146. The molecule has 0 bridgehead atoms. The summed E-state index contributed by atoms with van der Waals surface area (Å²) in [5, 5.41) is 5.81. The molecule has 0 aliphatic rings. The van der Waals surface area contributed by atoms with Crippen LogP contribution >= 0.6 is 0 Å². The number of rotatable bonds is 9. The topological polar surface area (TPSA) is 74.3 Å². The summed E-state index contributed by atoms with van der Waals surface area (Å²) in [6.07, 6.45) is 8.13. The molecule has 3 aromatic rings. The summed E-state index contributed by atoms with van der Waals surface area (Å²) in [7, 11) is 0. The number of benzene rings is 2. The number of hydrogen-bond acceptors (Lipinski definition) is 3. The molecule has 0 radical (unpaired) electrons. The zero-order valence-electron chi connectivity index (χ0n) is 17.3. The average molecular weight is 415 g/mol. The summed E-state index contributed by atoms with van der Waals surface area (Å²) in [5.41, 5.74) is 2.49. The van der Waals surface area contributed by atoms with Crippen LogP contribution in [-0.4, -0.2) is 30.0 Å². The van der Waals surface area contributed by atoms with E-state index < -0.39 is 0 Å². The first-order chi connectivity index (χ1) is 15.2. The SMILES string of the molecule is O=C(C=Cc1cccnc1)NCCCCNC(=O)N(c1ccccc1)c1ccccc1. The molecule has 3 rings (SSSR count). The van der Waals surface area contributed by atoms with Crippen LogP contribution in [0.4, 0.5) is 16.2 Å². The molecule has 6 heteroatoms. The van der Waals surface area contributed by atoms with Gasteiger partial charge in [0.2, 0.25) is 5.91 Å². The standard InChI is InChI=1S/C25H26N4O2/c30-24(16-15-21-10-9-17-26-20-21)27-18-7-8-19-28-25(31)29(22-11-3-1-4-12-22)23-13-5-2-6-14-23/h1-6,9-17,20H,7-8,18-19H2,(H,27,30)(H,28,31). The van der Waals surface area contributed by atoms with E-state index in [1.807, 2.05) is 72.8 Å². The number of aromatic nitrogens is 1. The number of carbonyl (C=O) groups excluding carboxylic acids is 2. The van der Waals surface area contributed by atoms with Gasteiger partial charge in [-0.05, 0) is 54.8 Å². The predicted molar refractivity (Wildman–Crippen MR) is 124 cm³/mol. The molecule has 0 spiro atoms. The highest BCUT2D eigenvalue weighted by Gasteiger charge is 2.16. The fourth-order valence-electron chi connectivity index (χ4n) is 2.98. The van der Waals surface area contributed by atoms with E-state index in [-0.39, 0.29) is 11.9 Å². The highest BCUT2D eigenvalue weighted by molar-refractivity contribution is 5.99. The first-order valence-electron chi connectivity index (χ1n) is 10.3. The Labute approximate surface area is 182 Å². The van der Waals surface area contributed by atoms with Crippen LogP contribution in [0.5, 0.6) is 0 Å².